The molecule has 0 aliphatic carbocycles. The zero-order chi connectivity index (χ0) is 14.1. The van der Waals surface area contributed by atoms with Gasteiger partial charge in [0.2, 0.25) is 0 Å². The number of piperazine rings is 1. The molecule has 114 valence electrons. The van der Waals surface area contributed by atoms with Crippen molar-refractivity contribution in [1.29, 1.82) is 0 Å². The van der Waals surface area contributed by atoms with Crippen molar-refractivity contribution in [3.63, 3.8) is 0 Å². The van der Waals surface area contributed by atoms with Gasteiger partial charge in [-0.25, -0.2) is 0 Å². The minimum atomic E-state index is 0.529. The minimum absolute atomic E-state index is 0.529. The van der Waals surface area contributed by atoms with E-state index in [0.29, 0.717) is 5.41 Å². The first-order chi connectivity index (χ1) is 8.97. The van der Waals surface area contributed by atoms with Gasteiger partial charge in [0.1, 0.15) is 0 Å². The molecule has 0 unspecified atom stereocenters. The Morgan fingerprint density at radius 2 is 1.26 bits per heavy atom. The molecule has 1 rings (SSSR count). The first-order valence-corrected chi connectivity index (χ1v) is 8.38. The van der Waals surface area contributed by atoms with E-state index in [1.165, 1.54) is 77.7 Å². The van der Waals surface area contributed by atoms with Crippen molar-refractivity contribution in [3.8, 4) is 0 Å². The van der Waals surface area contributed by atoms with E-state index in [0.717, 1.165) is 0 Å². The first kappa shape index (κ1) is 17.0. The van der Waals surface area contributed by atoms with E-state index in [4.69, 9.17) is 0 Å². The number of rotatable bonds is 8. The first-order valence-electron chi connectivity index (χ1n) is 8.38. The zero-order valence-electron chi connectivity index (χ0n) is 13.9. The highest BCUT2D eigenvalue weighted by molar-refractivity contribution is 4.69. The monoisotopic (exact) mass is 268 g/mol. The summed E-state index contributed by atoms with van der Waals surface area (Å²) in [5.41, 5.74) is 0.529. The van der Waals surface area contributed by atoms with Crippen LogP contribution in [0.4, 0.5) is 0 Å². The molecule has 1 aliphatic rings. The highest BCUT2D eigenvalue weighted by Crippen LogP contribution is 2.22. The predicted molar refractivity (Wildman–Crippen MR) is 85.7 cm³/mol. The van der Waals surface area contributed by atoms with Crippen LogP contribution in [0.15, 0.2) is 0 Å². The molecule has 0 spiro atoms. The van der Waals surface area contributed by atoms with E-state index in [2.05, 4.69) is 37.6 Å². The fourth-order valence-corrected chi connectivity index (χ4v) is 2.77. The molecule has 0 amide bonds. The fourth-order valence-electron chi connectivity index (χ4n) is 2.77. The molecule has 0 N–H and O–H groups in total. The molecule has 1 aliphatic heterocycles. The standard InChI is InChI=1S/C17H36N2/c1-17(2,3)11-9-7-5-6-8-10-12-19-15-13-18(4)14-16-19/h5-16H2,1-4H3. The lowest BCUT2D eigenvalue weighted by molar-refractivity contribution is 0.152. The summed E-state index contributed by atoms with van der Waals surface area (Å²) in [7, 11) is 2.23. The number of nitrogens with zero attached hydrogens (tertiary/aromatic N) is 2. The molecule has 1 fully saturated rings. The van der Waals surface area contributed by atoms with Gasteiger partial charge in [0.05, 0.1) is 0 Å². The Morgan fingerprint density at radius 3 is 1.84 bits per heavy atom. The summed E-state index contributed by atoms with van der Waals surface area (Å²) in [4.78, 5) is 5.07. The Hall–Kier alpha value is -0.0800. The van der Waals surface area contributed by atoms with Gasteiger partial charge in [0.15, 0.2) is 0 Å². The van der Waals surface area contributed by atoms with Gasteiger partial charge in [-0.05, 0) is 31.8 Å². The summed E-state index contributed by atoms with van der Waals surface area (Å²) in [6, 6.07) is 0. The van der Waals surface area contributed by atoms with Crippen molar-refractivity contribution >= 4 is 0 Å². The van der Waals surface area contributed by atoms with Gasteiger partial charge in [0, 0.05) is 26.2 Å². The lowest BCUT2D eigenvalue weighted by Gasteiger charge is -2.32. The Bertz CT molecular complexity index is 212. The van der Waals surface area contributed by atoms with E-state index in [1.54, 1.807) is 0 Å². The summed E-state index contributed by atoms with van der Waals surface area (Å²) >= 11 is 0. The van der Waals surface area contributed by atoms with Crippen LogP contribution >= 0.6 is 0 Å². The van der Waals surface area contributed by atoms with Gasteiger partial charge >= 0.3 is 0 Å². The average molecular weight is 268 g/mol. The molecule has 0 saturated carbocycles. The number of hydrogen-bond acceptors (Lipinski definition) is 2. The summed E-state index contributed by atoms with van der Waals surface area (Å²) in [5.74, 6) is 0. The van der Waals surface area contributed by atoms with E-state index < -0.39 is 0 Å². The second-order valence-electron chi connectivity index (χ2n) is 7.58. The van der Waals surface area contributed by atoms with E-state index in [1.807, 2.05) is 0 Å². The second kappa shape index (κ2) is 8.97. The van der Waals surface area contributed by atoms with Crippen LogP contribution in [0.3, 0.4) is 0 Å². The highest BCUT2D eigenvalue weighted by Gasteiger charge is 2.12. The minimum Gasteiger partial charge on any atom is -0.304 e. The van der Waals surface area contributed by atoms with E-state index in [-0.39, 0.29) is 0 Å². The maximum absolute atomic E-state index is 2.64. The van der Waals surface area contributed by atoms with Crippen LogP contribution < -0.4 is 0 Å². The SMILES string of the molecule is CN1CCN(CCCCCCCCC(C)(C)C)CC1. The molecule has 0 bridgehead atoms. The molecule has 2 heteroatoms. The van der Waals surface area contributed by atoms with Crippen molar-refractivity contribution in [1.82, 2.24) is 9.80 Å². The number of unbranched alkanes of at least 4 members (excludes halogenated alkanes) is 5. The third-order valence-electron chi connectivity index (χ3n) is 4.25. The van der Waals surface area contributed by atoms with Crippen molar-refractivity contribution in [3.05, 3.63) is 0 Å². The van der Waals surface area contributed by atoms with Gasteiger partial charge < -0.3 is 9.80 Å². The summed E-state index contributed by atoms with van der Waals surface area (Å²) in [6.45, 7) is 13.5. The zero-order valence-corrected chi connectivity index (χ0v) is 13.9. The molecule has 0 atom stereocenters. The quantitative estimate of drug-likeness (QED) is 0.614. The molecule has 0 aromatic heterocycles. The molecule has 0 aromatic carbocycles. The van der Waals surface area contributed by atoms with Crippen molar-refractivity contribution in [2.75, 3.05) is 39.8 Å². The fraction of sp³-hybridized carbons (Fsp3) is 1.00. The van der Waals surface area contributed by atoms with Gasteiger partial charge in [-0.2, -0.15) is 0 Å². The van der Waals surface area contributed by atoms with Gasteiger partial charge in [0.25, 0.3) is 0 Å². The predicted octanol–water partition coefficient (Wildman–Crippen LogP) is 4.01. The molecule has 0 aromatic rings. The maximum Gasteiger partial charge on any atom is 0.0110 e. The lowest BCUT2D eigenvalue weighted by atomic mass is 9.89. The Balaban J connectivity index is 1.84. The Labute approximate surface area is 121 Å². The van der Waals surface area contributed by atoms with Crippen LogP contribution in [0.1, 0.15) is 65.7 Å². The Morgan fingerprint density at radius 1 is 0.737 bits per heavy atom. The third-order valence-corrected chi connectivity index (χ3v) is 4.25. The van der Waals surface area contributed by atoms with Crippen molar-refractivity contribution in [2.45, 2.75) is 65.7 Å². The number of likely N-dealkylation sites (N-methyl/N-ethyl adjacent to an activating group) is 1. The topological polar surface area (TPSA) is 6.48 Å². The molecule has 2 nitrogen and oxygen atoms in total. The van der Waals surface area contributed by atoms with Crippen LogP contribution in [-0.2, 0) is 0 Å². The van der Waals surface area contributed by atoms with E-state index >= 15 is 0 Å². The smallest absolute Gasteiger partial charge is 0.0110 e. The van der Waals surface area contributed by atoms with Crippen LogP contribution in [-0.4, -0.2) is 49.6 Å². The lowest BCUT2D eigenvalue weighted by Crippen LogP contribution is -2.44. The normalized spacial score (nSPS) is 18.9. The average Bonchev–Trinajstić information content (AvgIpc) is 2.33. The molecule has 1 heterocycles. The second-order valence-corrected chi connectivity index (χ2v) is 7.58. The third kappa shape index (κ3) is 9.45. The summed E-state index contributed by atoms with van der Waals surface area (Å²) < 4.78 is 0. The van der Waals surface area contributed by atoms with Gasteiger partial charge in [-0.1, -0.05) is 52.9 Å². The highest BCUT2D eigenvalue weighted by atomic mass is 15.2. The van der Waals surface area contributed by atoms with Crippen LogP contribution in [0.5, 0.6) is 0 Å². The molecule has 1 saturated heterocycles. The van der Waals surface area contributed by atoms with Gasteiger partial charge in [-0.15, -0.1) is 0 Å². The van der Waals surface area contributed by atoms with Crippen LogP contribution in [0, 0.1) is 5.41 Å². The largest absolute Gasteiger partial charge is 0.304 e. The number of hydrogen-bond donors (Lipinski definition) is 0. The summed E-state index contributed by atoms with van der Waals surface area (Å²) in [5, 5.41) is 0. The van der Waals surface area contributed by atoms with Crippen molar-refractivity contribution in [2.24, 2.45) is 5.41 Å². The molecule has 19 heavy (non-hydrogen) atoms. The van der Waals surface area contributed by atoms with E-state index in [9.17, 15) is 0 Å². The van der Waals surface area contributed by atoms with Crippen LogP contribution in [0.2, 0.25) is 0 Å². The molecule has 0 radical (unpaired) electrons. The summed E-state index contributed by atoms with van der Waals surface area (Å²) in [6.07, 6.45) is 9.96. The van der Waals surface area contributed by atoms with Crippen molar-refractivity contribution < 1.29 is 0 Å². The molecular formula is C17H36N2. The maximum atomic E-state index is 2.64. The molecular weight excluding hydrogens is 232 g/mol. The van der Waals surface area contributed by atoms with Gasteiger partial charge in [-0.3, -0.25) is 0 Å². The Kier molecular flexibility index (Phi) is 8.01. The van der Waals surface area contributed by atoms with Crippen LogP contribution in [0.25, 0.3) is 0 Å².